The van der Waals surface area contributed by atoms with Crippen molar-refractivity contribution >= 4 is 18.4 Å². The van der Waals surface area contributed by atoms with E-state index in [1.54, 1.807) is 6.92 Å². The van der Waals surface area contributed by atoms with Crippen LogP contribution in [0, 0.1) is 0 Å². The van der Waals surface area contributed by atoms with Gasteiger partial charge in [-0.15, -0.1) is 12.4 Å². The molecule has 84 valence electrons. The molecule has 5 heteroatoms. The van der Waals surface area contributed by atoms with Gasteiger partial charge in [0.2, 0.25) is 0 Å². The Hall–Kier alpha value is -0.580. The highest BCUT2D eigenvalue weighted by Gasteiger charge is 2.00. The lowest BCUT2D eigenvalue weighted by Crippen LogP contribution is -2.23. The fraction of sp³-hybridized carbons (Fsp3) is 0.667. The maximum atomic E-state index is 10.8. The van der Waals surface area contributed by atoms with Gasteiger partial charge in [0, 0.05) is 18.7 Å². The number of carbonyl (C=O) groups excluding carboxylic acids is 1. The summed E-state index contributed by atoms with van der Waals surface area (Å²) >= 11 is 0. The number of ether oxygens (including phenoxy) is 1. The standard InChI is InChI=1S/C9H17NO3.ClH/c1-8(2)9(12)13-7-5-10-4-3-6-11;/h10-11H,1,3-7H2,2H3;1H. The summed E-state index contributed by atoms with van der Waals surface area (Å²) in [5, 5.41) is 11.5. The van der Waals surface area contributed by atoms with Crippen LogP contribution in [0.1, 0.15) is 13.3 Å². The van der Waals surface area contributed by atoms with Gasteiger partial charge in [0.15, 0.2) is 0 Å². The molecular weight excluding hydrogens is 206 g/mol. The third-order valence-electron chi connectivity index (χ3n) is 1.37. The molecule has 0 aromatic rings. The number of hydrogen-bond donors (Lipinski definition) is 2. The number of aliphatic hydroxyl groups excluding tert-OH is 1. The smallest absolute Gasteiger partial charge is 0.333 e. The topological polar surface area (TPSA) is 58.6 Å². The number of carbonyl (C=O) groups is 1. The summed E-state index contributed by atoms with van der Waals surface area (Å²) in [5.41, 5.74) is 0.412. The molecule has 0 aromatic heterocycles. The average Bonchev–Trinajstić information content (AvgIpc) is 2.10. The lowest BCUT2D eigenvalue weighted by Gasteiger charge is -2.04. The van der Waals surface area contributed by atoms with E-state index in [0.29, 0.717) is 25.1 Å². The van der Waals surface area contributed by atoms with E-state index in [1.165, 1.54) is 0 Å². The molecule has 0 aliphatic heterocycles. The molecule has 0 aromatic carbocycles. The molecule has 0 saturated heterocycles. The number of hydrogen-bond acceptors (Lipinski definition) is 4. The van der Waals surface area contributed by atoms with Crippen LogP contribution in [0.4, 0.5) is 0 Å². The van der Waals surface area contributed by atoms with E-state index in [9.17, 15) is 4.79 Å². The second-order valence-electron chi connectivity index (χ2n) is 2.74. The highest BCUT2D eigenvalue weighted by molar-refractivity contribution is 5.86. The minimum atomic E-state index is -0.357. The van der Waals surface area contributed by atoms with E-state index in [1.807, 2.05) is 0 Å². The van der Waals surface area contributed by atoms with Crippen LogP contribution in [0.3, 0.4) is 0 Å². The normalized spacial score (nSPS) is 9.00. The van der Waals surface area contributed by atoms with Gasteiger partial charge in [0.1, 0.15) is 6.61 Å². The predicted octanol–water partition coefficient (Wildman–Crippen LogP) is 0.499. The lowest BCUT2D eigenvalue weighted by molar-refractivity contribution is -0.138. The summed E-state index contributed by atoms with van der Waals surface area (Å²) in [4.78, 5) is 10.8. The van der Waals surface area contributed by atoms with Crippen LogP contribution in [-0.2, 0) is 9.53 Å². The minimum absolute atomic E-state index is 0. The largest absolute Gasteiger partial charge is 0.461 e. The van der Waals surface area contributed by atoms with Crippen molar-refractivity contribution in [3.8, 4) is 0 Å². The molecule has 0 aliphatic rings. The molecule has 0 heterocycles. The van der Waals surface area contributed by atoms with Gasteiger partial charge < -0.3 is 15.2 Å². The summed E-state index contributed by atoms with van der Waals surface area (Å²) in [6.45, 7) is 6.94. The number of esters is 1. The Balaban J connectivity index is 0. The number of aliphatic hydroxyl groups is 1. The van der Waals surface area contributed by atoms with Crippen molar-refractivity contribution in [1.29, 1.82) is 0 Å². The predicted molar refractivity (Wildman–Crippen MR) is 57.6 cm³/mol. The SMILES string of the molecule is C=C(C)C(=O)OCCNCCCO.Cl. The van der Waals surface area contributed by atoms with Crippen molar-refractivity contribution in [3.63, 3.8) is 0 Å². The molecular formula is C9H18ClNO3. The molecule has 2 N–H and O–H groups in total. The Morgan fingerprint density at radius 3 is 2.64 bits per heavy atom. The minimum Gasteiger partial charge on any atom is -0.461 e. The molecule has 0 amide bonds. The second-order valence-corrected chi connectivity index (χ2v) is 2.74. The van der Waals surface area contributed by atoms with Crippen LogP contribution in [0.25, 0.3) is 0 Å². The van der Waals surface area contributed by atoms with Crippen LogP contribution in [0.15, 0.2) is 12.2 Å². The average molecular weight is 224 g/mol. The molecule has 14 heavy (non-hydrogen) atoms. The van der Waals surface area contributed by atoms with Crippen molar-refractivity contribution in [1.82, 2.24) is 5.32 Å². The van der Waals surface area contributed by atoms with Gasteiger partial charge in [0.25, 0.3) is 0 Å². The fourth-order valence-electron chi connectivity index (χ4n) is 0.668. The molecule has 0 aliphatic carbocycles. The summed E-state index contributed by atoms with van der Waals surface area (Å²) in [6.07, 6.45) is 0.717. The van der Waals surface area contributed by atoms with Crippen molar-refractivity contribution in [2.45, 2.75) is 13.3 Å². The van der Waals surface area contributed by atoms with Gasteiger partial charge in [-0.05, 0) is 19.9 Å². The Bertz CT molecular complexity index is 173. The van der Waals surface area contributed by atoms with Crippen molar-refractivity contribution in [2.75, 3.05) is 26.3 Å². The first-order chi connectivity index (χ1) is 6.18. The number of rotatable bonds is 7. The third kappa shape index (κ3) is 9.51. The van der Waals surface area contributed by atoms with Gasteiger partial charge >= 0.3 is 5.97 Å². The fourth-order valence-corrected chi connectivity index (χ4v) is 0.668. The molecule has 0 atom stereocenters. The zero-order chi connectivity index (χ0) is 10.1. The zero-order valence-electron chi connectivity index (χ0n) is 8.41. The summed E-state index contributed by atoms with van der Waals surface area (Å²) in [5.74, 6) is -0.357. The first-order valence-corrected chi connectivity index (χ1v) is 4.32. The molecule has 0 rings (SSSR count). The van der Waals surface area contributed by atoms with Gasteiger partial charge in [-0.1, -0.05) is 6.58 Å². The maximum Gasteiger partial charge on any atom is 0.333 e. The van der Waals surface area contributed by atoms with E-state index in [2.05, 4.69) is 11.9 Å². The molecule has 0 bridgehead atoms. The van der Waals surface area contributed by atoms with Crippen molar-refractivity contribution in [3.05, 3.63) is 12.2 Å². The second kappa shape index (κ2) is 10.5. The molecule has 4 nitrogen and oxygen atoms in total. The maximum absolute atomic E-state index is 10.8. The highest BCUT2D eigenvalue weighted by atomic mass is 35.5. The molecule has 0 saturated carbocycles. The highest BCUT2D eigenvalue weighted by Crippen LogP contribution is 1.90. The van der Waals surface area contributed by atoms with Crippen LogP contribution in [0.2, 0.25) is 0 Å². The van der Waals surface area contributed by atoms with Crippen LogP contribution in [0.5, 0.6) is 0 Å². The zero-order valence-corrected chi connectivity index (χ0v) is 9.23. The molecule has 0 fully saturated rings. The Kier molecular flexibility index (Phi) is 11.9. The van der Waals surface area contributed by atoms with Crippen molar-refractivity contribution < 1.29 is 14.6 Å². The monoisotopic (exact) mass is 223 g/mol. The van der Waals surface area contributed by atoms with Crippen LogP contribution >= 0.6 is 12.4 Å². The van der Waals surface area contributed by atoms with Gasteiger partial charge in [-0.25, -0.2) is 4.79 Å². The third-order valence-corrected chi connectivity index (χ3v) is 1.37. The van der Waals surface area contributed by atoms with Crippen LogP contribution < -0.4 is 5.32 Å². The Morgan fingerprint density at radius 2 is 2.14 bits per heavy atom. The van der Waals surface area contributed by atoms with E-state index in [4.69, 9.17) is 9.84 Å². The van der Waals surface area contributed by atoms with Gasteiger partial charge in [-0.2, -0.15) is 0 Å². The first kappa shape index (κ1) is 15.9. The molecule has 0 unspecified atom stereocenters. The van der Waals surface area contributed by atoms with E-state index in [-0.39, 0.29) is 25.0 Å². The number of nitrogens with one attached hydrogen (secondary N) is 1. The first-order valence-electron chi connectivity index (χ1n) is 4.32. The van der Waals surface area contributed by atoms with Crippen LogP contribution in [-0.4, -0.2) is 37.4 Å². The number of halogens is 1. The van der Waals surface area contributed by atoms with Crippen molar-refractivity contribution in [2.24, 2.45) is 0 Å². The summed E-state index contributed by atoms with van der Waals surface area (Å²) in [7, 11) is 0. The van der Waals surface area contributed by atoms with E-state index in [0.717, 1.165) is 6.54 Å². The van der Waals surface area contributed by atoms with E-state index >= 15 is 0 Å². The Morgan fingerprint density at radius 1 is 1.50 bits per heavy atom. The lowest BCUT2D eigenvalue weighted by atomic mass is 10.4. The molecule has 0 spiro atoms. The quantitative estimate of drug-likeness (QED) is 0.375. The molecule has 0 radical (unpaired) electrons. The van der Waals surface area contributed by atoms with E-state index < -0.39 is 0 Å². The summed E-state index contributed by atoms with van der Waals surface area (Å²) < 4.78 is 4.82. The van der Waals surface area contributed by atoms with Gasteiger partial charge in [-0.3, -0.25) is 0 Å². The summed E-state index contributed by atoms with van der Waals surface area (Å²) in [6, 6.07) is 0. The van der Waals surface area contributed by atoms with Gasteiger partial charge in [0.05, 0.1) is 0 Å². The Labute approximate surface area is 90.7 Å².